The van der Waals surface area contributed by atoms with Crippen molar-refractivity contribution in [2.24, 2.45) is 0 Å². The van der Waals surface area contributed by atoms with Crippen molar-refractivity contribution in [2.75, 3.05) is 5.43 Å². The Hall–Kier alpha value is -4.70. The van der Waals surface area contributed by atoms with Crippen molar-refractivity contribution in [1.82, 2.24) is 15.2 Å². The van der Waals surface area contributed by atoms with E-state index in [1.165, 1.54) is 35.3 Å². The Bertz CT molecular complexity index is 1780. The SMILES string of the molecule is CC(C(=O)NNc1cccc2ccccc12)n1cc(-c2cc(F)cc3c2-c2ccccc2C3(O)C(F)(F)F)cn1. The number of hydrogen-bond donors (Lipinski definition) is 3. The average molecular weight is 547 g/mol. The Kier molecular flexibility index (Phi) is 5.88. The number of nitrogens with one attached hydrogen (secondary N) is 2. The molecule has 6 nitrogen and oxygen atoms in total. The number of carbonyl (C=O) groups is 1. The molecule has 0 saturated carbocycles. The van der Waals surface area contributed by atoms with Crippen molar-refractivity contribution in [2.45, 2.75) is 24.7 Å². The Balaban J connectivity index is 1.32. The van der Waals surface area contributed by atoms with Crippen LogP contribution in [0.25, 0.3) is 33.0 Å². The van der Waals surface area contributed by atoms with Crippen LogP contribution in [0.4, 0.5) is 23.2 Å². The van der Waals surface area contributed by atoms with Gasteiger partial charge < -0.3 is 5.11 Å². The number of amides is 1. The molecule has 1 heterocycles. The molecule has 1 amide bonds. The van der Waals surface area contributed by atoms with E-state index in [1.54, 1.807) is 13.0 Å². The second-order valence-electron chi connectivity index (χ2n) is 9.66. The summed E-state index contributed by atoms with van der Waals surface area (Å²) in [6, 6.07) is 19.9. The molecule has 3 N–H and O–H groups in total. The van der Waals surface area contributed by atoms with E-state index in [2.05, 4.69) is 16.0 Å². The van der Waals surface area contributed by atoms with Gasteiger partial charge in [-0.05, 0) is 47.2 Å². The lowest BCUT2D eigenvalue weighted by Gasteiger charge is -2.28. The molecule has 202 valence electrons. The van der Waals surface area contributed by atoms with E-state index in [-0.39, 0.29) is 22.3 Å². The van der Waals surface area contributed by atoms with Crippen molar-refractivity contribution in [3.05, 3.63) is 108 Å². The van der Waals surface area contributed by atoms with Crippen molar-refractivity contribution in [1.29, 1.82) is 0 Å². The minimum atomic E-state index is -5.09. The molecule has 2 unspecified atom stereocenters. The fourth-order valence-electron chi connectivity index (χ4n) is 5.25. The summed E-state index contributed by atoms with van der Waals surface area (Å²) in [5.74, 6) is -1.37. The summed E-state index contributed by atoms with van der Waals surface area (Å²) in [4.78, 5) is 12.9. The molecule has 1 aliphatic carbocycles. The van der Waals surface area contributed by atoms with Gasteiger partial charge in [-0.2, -0.15) is 18.3 Å². The molecule has 0 saturated heterocycles. The highest BCUT2D eigenvalue weighted by Gasteiger charge is 2.61. The van der Waals surface area contributed by atoms with E-state index >= 15 is 0 Å². The molecular weight excluding hydrogens is 524 g/mol. The van der Waals surface area contributed by atoms with Crippen LogP contribution in [0.1, 0.15) is 24.1 Å². The number of anilines is 1. The second kappa shape index (κ2) is 9.20. The topological polar surface area (TPSA) is 79.2 Å². The van der Waals surface area contributed by atoms with Crippen LogP contribution in [-0.4, -0.2) is 27.0 Å². The quantitative estimate of drug-likeness (QED) is 0.178. The first kappa shape index (κ1) is 25.6. The minimum absolute atomic E-state index is 0.0612. The molecule has 2 atom stereocenters. The van der Waals surface area contributed by atoms with Crippen LogP contribution < -0.4 is 10.9 Å². The lowest BCUT2D eigenvalue weighted by molar-refractivity contribution is -0.246. The number of nitrogens with zero attached hydrogens (tertiary/aromatic N) is 2. The summed E-state index contributed by atoms with van der Waals surface area (Å²) in [5.41, 5.74) is 2.58. The number of fused-ring (bicyclic) bond motifs is 4. The molecule has 0 fully saturated rings. The lowest BCUT2D eigenvalue weighted by atomic mass is 9.89. The fraction of sp³-hybridized carbons (Fsp3) is 0.133. The van der Waals surface area contributed by atoms with Gasteiger partial charge in [0.2, 0.25) is 5.60 Å². The Morgan fingerprint density at radius 1 is 0.975 bits per heavy atom. The van der Waals surface area contributed by atoms with Gasteiger partial charge in [-0.3, -0.25) is 20.3 Å². The zero-order valence-electron chi connectivity index (χ0n) is 21.0. The molecule has 0 bridgehead atoms. The predicted octanol–water partition coefficient (Wildman–Crippen LogP) is 6.33. The Morgan fingerprint density at radius 2 is 1.70 bits per heavy atom. The molecular formula is C30H22F4N4O2. The molecule has 1 aromatic heterocycles. The number of hydrogen-bond acceptors (Lipinski definition) is 4. The lowest BCUT2D eigenvalue weighted by Crippen LogP contribution is -2.41. The number of aromatic nitrogens is 2. The predicted molar refractivity (Wildman–Crippen MR) is 143 cm³/mol. The molecule has 0 spiro atoms. The first-order valence-electron chi connectivity index (χ1n) is 12.4. The molecule has 10 heteroatoms. The van der Waals surface area contributed by atoms with E-state index in [0.29, 0.717) is 17.3 Å². The van der Waals surface area contributed by atoms with Gasteiger partial charge in [0, 0.05) is 28.3 Å². The highest BCUT2D eigenvalue weighted by molar-refractivity contribution is 5.95. The summed E-state index contributed by atoms with van der Waals surface area (Å²) >= 11 is 0. The number of rotatable bonds is 5. The first-order valence-corrected chi connectivity index (χ1v) is 12.4. The zero-order chi connectivity index (χ0) is 28.2. The van der Waals surface area contributed by atoms with Crippen LogP contribution in [0.15, 0.2) is 91.3 Å². The largest absolute Gasteiger partial charge is 0.425 e. The number of benzene rings is 4. The zero-order valence-corrected chi connectivity index (χ0v) is 21.0. The van der Waals surface area contributed by atoms with Crippen LogP contribution in [0.2, 0.25) is 0 Å². The first-order chi connectivity index (χ1) is 19.1. The second-order valence-corrected chi connectivity index (χ2v) is 9.66. The molecule has 5 aromatic rings. The van der Waals surface area contributed by atoms with E-state index in [1.807, 2.05) is 42.5 Å². The van der Waals surface area contributed by atoms with Gasteiger partial charge >= 0.3 is 6.18 Å². The van der Waals surface area contributed by atoms with Gasteiger partial charge in [-0.1, -0.05) is 60.7 Å². The van der Waals surface area contributed by atoms with Crippen molar-refractivity contribution >= 4 is 22.4 Å². The van der Waals surface area contributed by atoms with Gasteiger partial charge in [0.25, 0.3) is 5.91 Å². The highest BCUT2D eigenvalue weighted by atomic mass is 19.4. The van der Waals surface area contributed by atoms with Crippen LogP contribution >= 0.6 is 0 Å². The Morgan fingerprint density at radius 3 is 2.50 bits per heavy atom. The average Bonchev–Trinajstić information content (AvgIpc) is 3.53. The summed E-state index contributed by atoms with van der Waals surface area (Å²) in [7, 11) is 0. The molecule has 0 aliphatic heterocycles. The Labute approximate surface area is 225 Å². The van der Waals surface area contributed by atoms with Gasteiger partial charge in [0.1, 0.15) is 11.9 Å². The molecule has 4 aromatic carbocycles. The number of hydrazine groups is 1. The van der Waals surface area contributed by atoms with Gasteiger partial charge in [0.15, 0.2) is 0 Å². The van der Waals surface area contributed by atoms with E-state index in [9.17, 15) is 27.5 Å². The molecule has 1 aliphatic rings. The van der Waals surface area contributed by atoms with Crippen molar-refractivity contribution < 1.29 is 27.5 Å². The summed E-state index contributed by atoms with van der Waals surface area (Å²) in [6.45, 7) is 1.60. The third kappa shape index (κ3) is 3.91. The maximum absolute atomic E-state index is 14.8. The van der Waals surface area contributed by atoms with Gasteiger partial charge in [-0.25, -0.2) is 4.39 Å². The minimum Gasteiger partial charge on any atom is -0.372 e. The molecule has 40 heavy (non-hydrogen) atoms. The van der Waals surface area contributed by atoms with Crippen LogP contribution in [0.3, 0.4) is 0 Å². The smallest absolute Gasteiger partial charge is 0.372 e. The third-order valence-electron chi connectivity index (χ3n) is 7.29. The molecule has 0 radical (unpaired) electrons. The van der Waals surface area contributed by atoms with E-state index < -0.39 is 35.1 Å². The maximum atomic E-state index is 14.8. The number of alkyl halides is 3. The van der Waals surface area contributed by atoms with Gasteiger partial charge in [-0.15, -0.1) is 0 Å². The third-order valence-corrected chi connectivity index (χ3v) is 7.29. The van der Waals surface area contributed by atoms with Crippen molar-refractivity contribution in [3.8, 4) is 22.3 Å². The highest BCUT2D eigenvalue weighted by Crippen LogP contribution is 2.57. The molecule has 6 rings (SSSR count). The summed E-state index contributed by atoms with van der Waals surface area (Å²) < 4.78 is 58.7. The number of carbonyl (C=O) groups excluding carboxylic acids is 1. The van der Waals surface area contributed by atoms with Gasteiger partial charge in [0.05, 0.1) is 11.9 Å². The fourth-order valence-corrected chi connectivity index (χ4v) is 5.25. The van der Waals surface area contributed by atoms with E-state index in [0.717, 1.165) is 16.8 Å². The monoisotopic (exact) mass is 546 g/mol. The summed E-state index contributed by atoms with van der Waals surface area (Å²) in [6.07, 6.45) is -2.28. The van der Waals surface area contributed by atoms with E-state index in [4.69, 9.17) is 0 Å². The standard InChI is InChI=1S/C30H22F4N4O2/c1-17(28(39)37-36-26-12-6-8-18-7-2-3-9-21(18)26)38-16-19(15-35-38)23-13-20(31)14-25-27(23)22-10-4-5-11-24(22)29(25,40)30(32,33)34/h2-17,36,40H,1H3,(H,37,39). The number of aliphatic hydroxyl groups is 1. The normalized spacial score (nSPS) is 16.9. The van der Waals surface area contributed by atoms with Crippen LogP contribution in [0, 0.1) is 5.82 Å². The maximum Gasteiger partial charge on any atom is 0.425 e. The summed E-state index contributed by atoms with van der Waals surface area (Å²) in [5, 5.41) is 17.1. The van der Waals surface area contributed by atoms with Crippen molar-refractivity contribution in [3.63, 3.8) is 0 Å². The number of halogens is 4. The van der Waals surface area contributed by atoms with Crippen LogP contribution in [0.5, 0.6) is 0 Å². The van der Waals surface area contributed by atoms with Crippen LogP contribution in [-0.2, 0) is 10.4 Å².